The van der Waals surface area contributed by atoms with E-state index in [1.54, 1.807) is 0 Å². The molecule has 0 bridgehead atoms. The topological polar surface area (TPSA) is 29.3 Å². The highest BCUT2D eigenvalue weighted by atomic mass is 15.3. The molecule has 0 saturated carbocycles. The number of aliphatic imine (C=N–C) groups is 1. The highest BCUT2D eigenvalue weighted by Gasteiger charge is 2.23. The summed E-state index contributed by atoms with van der Waals surface area (Å²) in [7, 11) is 0. The fraction of sp³-hybridized carbons (Fsp3) is 0.0294. The van der Waals surface area contributed by atoms with Crippen molar-refractivity contribution in [2.75, 3.05) is 0 Å². The molecule has 6 aromatic rings. The minimum absolute atomic E-state index is 0.291. The Morgan fingerprint density at radius 3 is 1.73 bits per heavy atom. The molecule has 37 heavy (non-hydrogen) atoms. The third-order valence-electron chi connectivity index (χ3n) is 7.04. The maximum Gasteiger partial charge on any atom is 0.201 e. The molecule has 1 atom stereocenters. The lowest BCUT2D eigenvalue weighted by Crippen LogP contribution is -2.29. The Labute approximate surface area is 216 Å². The van der Waals surface area contributed by atoms with Crippen LogP contribution in [0, 0.1) is 0 Å². The van der Waals surface area contributed by atoms with Gasteiger partial charge < -0.3 is 9.88 Å². The minimum atomic E-state index is -0.291. The quantitative estimate of drug-likeness (QED) is 0.275. The van der Waals surface area contributed by atoms with Crippen LogP contribution in [-0.2, 0) is 0 Å². The Hall–Kier alpha value is -4.89. The predicted molar refractivity (Wildman–Crippen MR) is 154 cm³/mol. The third kappa shape index (κ3) is 3.82. The molecule has 0 saturated heterocycles. The van der Waals surface area contributed by atoms with Gasteiger partial charge in [-0.25, -0.2) is 4.99 Å². The Morgan fingerprint density at radius 2 is 1.05 bits per heavy atom. The van der Waals surface area contributed by atoms with Crippen LogP contribution < -0.4 is 5.32 Å². The third-order valence-corrected chi connectivity index (χ3v) is 7.04. The summed E-state index contributed by atoms with van der Waals surface area (Å²) >= 11 is 0. The fourth-order valence-electron chi connectivity index (χ4n) is 5.29. The Balaban J connectivity index is 1.40. The molecule has 0 fully saturated rings. The first-order chi connectivity index (χ1) is 18.3. The van der Waals surface area contributed by atoms with Gasteiger partial charge in [-0.3, -0.25) is 0 Å². The average Bonchev–Trinajstić information content (AvgIpc) is 3.32. The smallest absolute Gasteiger partial charge is 0.201 e. The zero-order valence-electron chi connectivity index (χ0n) is 20.3. The lowest BCUT2D eigenvalue weighted by Gasteiger charge is -2.27. The maximum absolute atomic E-state index is 5.24. The first-order valence-corrected chi connectivity index (χ1v) is 12.6. The summed E-state index contributed by atoms with van der Waals surface area (Å²) in [6.07, 6.45) is 1.88. The number of nitrogens with zero attached hydrogens (tertiary/aromatic N) is 2. The van der Waals surface area contributed by atoms with Crippen molar-refractivity contribution in [2.45, 2.75) is 6.29 Å². The van der Waals surface area contributed by atoms with Crippen LogP contribution in [0.5, 0.6) is 0 Å². The van der Waals surface area contributed by atoms with Crippen LogP contribution in [0.2, 0.25) is 0 Å². The number of nitrogens with one attached hydrogen (secondary N) is 1. The van der Waals surface area contributed by atoms with Crippen molar-refractivity contribution in [2.24, 2.45) is 4.99 Å². The van der Waals surface area contributed by atoms with Gasteiger partial charge in [-0.15, -0.1) is 0 Å². The Kier molecular flexibility index (Phi) is 5.18. The van der Waals surface area contributed by atoms with Crippen LogP contribution in [0.3, 0.4) is 0 Å². The van der Waals surface area contributed by atoms with E-state index in [-0.39, 0.29) is 6.29 Å². The van der Waals surface area contributed by atoms with Gasteiger partial charge >= 0.3 is 0 Å². The van der Waals surface area contributed by atoms with Gasteiger partial charge in [0, 0.05) is 16.5 Å². The highest BCUT2D eigenvalue weighted by molar-refractivity contribution is 6.13. The van der Waals surface area contributed by atoms with E-state index in [4.69, 9.17) is 4.99 Å². The monoisotopic (exact) mass is 475 g/mol. The predicted octanol–water partition coefficient (Wildman–Crippen LogP) is 8.05. The van der Waals surface area contributed by atoms with E-state index in [9.17, 15) is 0 Å². The number of benzene rings is 5. The molecule has 1 unspecified atom stereocenters. The van der Waals surface area contributed by atoms with Gasteiger partial charge in [0.25, 0.3) is 0 Å². The van der Waals surface area contributed by atoms with Crippen LogP contribution in [0.25, 0.3) is 38.6 Å². The van der Waals surface area contributed by atoms with Crippen molar-refractivity contribution in [1.29, 1.82) is 0 Å². The van der Waals surface area contributed by atoms with Gasteiger partial charge in [0.2, 0.25) is 6.29 Å². The van der Waals surface area contributed by atoms with E-state index >= 15 is 0 Å². The average molecular weight is 476 g/mol. The maximum atomic E-state index is 5.24. The SMILES string of the molecule is C1=C(c2cccc(-c3ccccc3)c2)NC(n2c3ccccc3c3ccccc32)N=C1c1ccccc1. The van der Waals surface area contributed by atoms with Crippen LogP contribution >= 0.6 is 0 Å². The second-order valence-electron chi connectivity index (χ2n) is 9.31. The van der Waals surface area contributed by atoms with Crippen molar-refractivity contribution < 1.29 is 0 Å². The number of hydrogen-bond acceptors (Lipinski definition) is 2. The molecule has 1 aliphatic heterocycles. The number of aromatic nitrogens is 1. The van der Waals surface area contributed by atoms with Gasteiger partial charge in [0.05, 0.1) is 16.7 Å². The van der Waals surface area contributed by atoms with E-state index < -0.39 is 0 Å². The summed E-state index contributed by atoms with van der Waals surface area (Å²) in [5.41, 5.74) is 8.98. The summed E-state index contributed by atoms with van der Waals surface area (Å²) in [6, 6.07) is 46.8. The molecule has 0 amide bonds. The number of fused-ring (bicyclic) bond motifs is 3. The van der Waals surface area contributed by atoms with Crippen LogP contribution in [0.4, 0.5) is 0 Å². The normalized spacial score (nSPS) is 15.3. The molecule has 0 spiro atoms. The molecular weight excluding hydrogens is 450 g/mol. The molecule has 3 nitrogen and oxygen atoms in total. The summed E-state index contributed by atoms with van der Waals surface area (Å²) < 4.78 is 2.32. The lowest BCUT2D eigenvalue weighted by atomic mass is 9.99. The van der Waals surface area contributed by atoms with Gasteiger partial charge in [-0.05, 0) is 46.5 Å². The fourth-order valence-corrected chi connectivity index (χ4v) is 5.29. The molecule has 5 aromatic carbocycles. The first-order valence-electron chi connectivity index (χ1n) is 12.6. The largest absolute Gasteiger partial charge is 0.346 e. The molecular formula is C34H25N3. The van der Waals surface area contributed by atoms with E-state index in [2.05, 4.69) is 143 Å². The van der Waals surface area contributed by atoms with Gasteiger partial charge in [-0.1, -0.05) is 115 Å². The highest BCUT2D eigenvalue weighted by Crippen LogP contribution is 2.34. The summed E-state index contributed by atoms with van der Waals surface area (Å²) in [4.78, 5) is 5.24. The van der Waals surface area contributed by atoms with Crippen LogP contribution in [-0.4, -0.2) is 10.3 Å². The first kappa shape index (κ1) is 21.4. The van der Waals surface area contributed by atoms with Crippen molar-refractivity contribution in [1.82, 2.24) is 9.88 Å². The van der Waals surface area contributed by atoms with E-state index in [0.29, 0.717) is 0 Å². The standard InChI is InChI=1S/C34H25N3/c1-3-12-24(13-4-1)26-16-11-17-27(22-26)31-23-30(25-14-5-2-6-15-25)35-34(36-31)37-32-20-9-7-18-28(32)29-19-8-10-21-33(29)37/h1-23,34,36H. The van der Waals surface area contributed by atoms with Gasteiger partial charge in [0.15, 0.2) is 0 Å². The minimum Gasteiger partial charge on any atom is -0.346 e. The van der Waals surface area contributed by atoms with Crippen LogP contribution in [0.15, 0.2) is 145 Å². The van der Waals surface area contributed by atoms with Crippen molar-refractivity contribution in [3.63, 3.8) is 0 Å². The second-order valence-corrected chi connectivity index (χ2v) is 9.31. The van der Waals surface area contributed by atoms with Gasteiger partial charge in [0.1, 0.15) is 0 Å². The number of rotatable bonds is 4. The summed E-state index contributed by atoms with van der Waals surface area (Å²) in [5, 5.41) is 6.24. The van der Waals surface area contributed by atoms with Crippen molar-refractivity contribution in [3.05, 3.63) is 151 Å². The molecule has 0 aliphatic carbocycles. The van der Waals surface area contributed by atoms with E-state index in [0.717, 1.165) is 33.6 Å². The molecule has 1 aliphatic rings. The molecule has 2 heterocycles. The van der Waals surface area contributed by atoms with Crippen molar-refractivity contribution >= 4 is 33.2 Å². The number of hydrogen-bond donors (Lipinski definition) is 1. The Bertz CT molecular complexity index is 1740. The molecule has 1 N–H and O–H groups in total. The summed E-state index contributed by atoms with van der Waals surface area (Å²) in [5.74, 6) is 0. The molecule has 176 valence electrons. The zero-order chi connectivity index (χ0) is 24.6. The van der Waals surface area contributed by atoms with E-state index in [1.165, 1.54) is 21.9 Å². The molecule has 1 aromatic heterocycles. The summed E-state index contributed by atoms with van der Waals surface area (Å²) in [6.45, 7) is 0. The number of para-hydroxylation sites is 2. The lowest BCUT2D eigenvalue weighted by molar-refractivity contribution is 0.508. The Morgan fingerprint density at radius 1 is 0.514 bits per heavy atom. The molecule has 7 rings (SSSR count). The molecule has 3 heteroatoms. The van der Waals surface area contributed by atoms with Crippen LogP contribution in [0.1, 0.15) is 17.4 Å². The zero-order valence-corrected chi connectivity index (χ0v) is 20.3. The number of allylic oxidation sites excluding steroid dienone is 1. The second kappa shape index (κ2) is 8.96. The van der Waals surface area contributed by atoms with E-state index in [1.807, 2.05) is 6.07 Å². The molecule has 0 radical (unpaired) electrons. The van der Waals surface area contributed by atoms with Crippen molar-refractivity contribution in [3.8, 4) is 11.1 Å². The van der Waals surface area contributed by atoms with Gasteiger partial charge in [-0.2, -0.15) is 0 Å².